The van der Waals surface area contributed by atoms with Crippen LogP contribution in [0.2, 0.25) is 0 Å². The molecule has 2 N–H and O–H groups in total. The van der Waals surface area contributed by atoms with Crippen molar-refractivity contribution in [2.75, 3.05) is 0 Å². The highest BCUT2D eigenvalue weighted by atomic mass is 32.1. The predicted octanol–water partition coefficient (Wildman–Crippen LogP) is 2.26. The quantitative estimate of drug-likeness (QED) is 0.893. The van der Waals surface area contributed by atoms with Gasteiger partial charge in [-0.3, -0.25) is 4.79 Å². The molecule has 0 spiro atoms. The van der Waals surface area contributed by atoms with E-state index >= 15 is 0 Å². The third kappa shape index (κ3) is 2.33. The summed E-state index contributed by atoms with van der Waals surface area (Å²) in [6.45, 7) is 2.94. The highest BCUT2D eigenvalue weighted by Gasteiger charge is 2.20. The maximum atomic E-state index is 11.8. The number of hydrogen-bond donors (Lipinski definition) is 2. The highest BCUT2D eigenvalue weighted by molar-refractivity contribution is 7.17. The fourth-order valence-corrected chi connectivity index (χ4v) is 3.36. The molecule has 1 aliphatic carbocycles. The largest absolute Gasteiger partial charge is 0.308 e. The lowest BCUT2D eigenvalue weighted by molar-refractivity contribution is 0.494. The summed E-state index contributed by atoms with van der Waals surface area (Å²) in [6, 6.07) is 2.47. The first-order chi connectivity index (χ1) is 8.72. The molecule has 2 unspecified atom stereocenters. The standard InChI is InChI=1S/C13H17N3OS/c1-8-2-3-9(6-8)14-7-11-15-10-4-5-18-12(10)13(17)16-11/h4-5,8-9,14H,2-3,6-7H2,1H3,(H,15,16,17). The summed E-state index contributed by atoms with van der Waals surface area (Å²) in [5, 5.41) is 5.39. The van der Waals surface area contributed by atoms with E-state index in [0.717, 1.165) is 17.3 Å². The summed E-state index contributed by atoms with van der Waals surface area (Å²) in [4.78, 5) is 19.1. The molecule has 96 valence electrons. The van der Waals surface area contributed by atoms with Crippen LogP contribution in [0.5, 0.6) is 0 Å². The molecule has 5 heteroatoms. The molecule has 1 aliphatic rings. The van der Waals surface area contributed by atoms with Crippen LogP contribution < -0.4 is 10.9 Å². The molecule has 1 fully saturated rings. The number of nitrogens with one attached hydrogen (secondary N) is 2. The molecule has 2 atom stereocenters. The van der Waals surface area contributed by atoms with Crippen LogP contribution >= 0.6 is 11.3 Å². The Morgan fingerprint density at radius 2 is 2.44 bits per heavy atom. The van der Waals surface area contributed by atoms with Gasteiger partial charge in [-0.2, -0.15) is 0 Å². The number of fused-ring (bicyclic) bond motifs is 1. The van der Waals surface area contributed by atoms with E-state index in [9.17, 15) is 4.79 Å². The Bertz CT molecular complexity index is 604. The Hall–Kier alpha value is -1.20. The van der Waals surface area contributed by atoms with E-state index in [1.807, 2.05) is 11.4 Å². The minimum absolute atomic E-state index is 0.0217. The van der Waals surface area contributed by atoms with E-state index in [4.69, 9.17) is 0 Å². The molecule has 2 heterocycles. The first-order valence-electron chi connectivity index (χ1n) is 6.42. The van der Waals surface area contributed by atoms with Crippen LogP contribution in [-0.4, -0.2) is 16.0 Å². The van der Waals surface area contributed by atoms with Crippen LogP contribution in [0.15, 0.2) is 16.2 Å². The summed E-state index contributed by atoms with van der Waals surface area (Å²) in [5.74, 6) is 1.55. The minimum atomic E-state index is -0.0217. The molecule has 2 aromatic heterocycles. The maximum Gasteiger partial charge on any atom is 0.268 e. The van der Waals surface area contributed by atoms with Crippen LogP contribution in [0, 0.1) is 5.92 Å². The first-order valence-corrected chi connectivity index (χ1v) is 7.30. The van der Waals surface area contributed by atoms with E-state index in [2.05, 4.69) is 22.2 Å². The van der Waals surface area contributed by atoms with Crippen molar-refractivity contribution in [3.8, 4) is 0 Å². The molecule has 0 saturated heterocycles. The van der Waals surface area contributed by atoms with Crippen molar-refractivity contribution in [3.63, 3.8) is 0 Å². The third-order valence-electron chi connectivity index (χ3n) is 3.62. The SMILES string of the molecule is CC1CCC(NCc2nc3ccsc3c(=O)[nH]2)C1. The number of rotatable bonds is 3. The molecule has 2 aromatic rings. The van der Waals surface area contributed by atoms with E-state index in [0.29, 0.717) is 17.3 Å². The molecule has 4 nitrogen and oxygen atoms in total. The van der Waals surface area contributed by atoms with Gasteiger partial charge in [-0.05, 0) is 36.6 Å². The normalized spacial score (nSPS) is 23.8. The lowest BCUT2D eigenvalue weighted by Crippen LogP contribution is -2.27. The smallest absolute Gasteiger partial charge is 0.268 e. The van der Waals surface area contributed by atoms with Crippen LogP contribution in [0.3, 0.4) is 0 Å². The van der Waals surface area contributed by atoms with Crippen LogP contribution in [-0.2, 0) is 6.54 Å². The summed E-state index contributed by atoms with van der Waals surface area (Å²) in [5.41, 5.74) is 0.784. The van der Waals surface area contributed by atoms with Gasteiger partial charge in [0.25, 0.3) is 5.56 Å². The number of nitrogens with zero attached hydrogens (tertiary/aromatic N) is 1. The second-order valence-electron chi connectivity index (χ2n) is 5.14. The average Bonchev–Trinajstić information content (AvgIpc) is 2.95. The van der Waals surface area contributed by atoms with Crippen molar-refractivity contribution in [2.24, 2.45) is 5.92 Å². The van der Waals surface area contributed by atoms with E-state index in [1.54, 1.807) is 0 Å². The van der Waals surface area contributed by atoms with Crippen molar-refractivity contribution >= 4 is 21.6 Å². The van der Waals surface area contributed by atoms with Gasteiger partial charge < -0.3 is 10.3 Å². The summed E-state index contributed by atoms with van der Waals surface area (Å²) in [7, 11) is 0. The lowest BCUT2D eigenvalue weighted by atomic mass is 10.1. The van der Waals surface area contributed by atoms with Crippen LogP contribution in [0.4, 0.5) is 0 Å². The lowest BCUT2D eigenvalue weighted by Gasteiger charge is -2.11. The van der Waals surface area contributed by atoms with Gasteiger partial charge in [-0.15, -0.1) is 11.3 Å². The Labute approximate surface area is 109 Å². The molecular formula is C13H17N3OS. The number of thiophene rings is 1. The molecule has 0 amide bonds. The van der Waals surface area contributed by atoms with E-state index in [1.165, 1.54) is 30.6 Å². The second-order valence-corrected chi connectivity index (χ2v) is 6.06. The number of aromatic nitrogens is 2. The van der Waals surface area contributed by atoms with Crippen molar-refractivity contribution in [2.45, 2.75) is 38.8 Å². The van der Waals surface area contributed by atoms with Gasteiger partial charge in [0.1, 0.15) is 10.5 Å². The Kier molecular flexibility index (Phi) is 3.18. The van der Waals surface area contributed by atoms with Crippen molar-refractivity contribution in [1.29, 1.82) is 0 Å². The zero-order valence-corrected chi connectivity index (χ0v) is 11.2. The molecular weight excluding hydrogens is 246 g/mol. The third-order valence-corrected chi connectivity index (χ3v) is 4.52. The first kappa shape index (κ1) is 11.9. The van der Waals surface area contributed by atoms with Gasteiger partial charge >= 0.3 is 0 Å². The monoisotopic (exact) mass is 263 g/mol. The Morgan fingerprint density at radius 1 is 1.56 bits per heavy atom. The molecule has 0 radical (unpaired) electrons. The number of aromatic amines is 1. The summed E-state index contributed by atoms with van der Waals surface area (Å²) in [6.07, 6.45) is 3.75. The fraction of sp³-hybridized carbons (Fsp3) is 0.538. The van der Waals surface area contributed by atoms with Crippen LogP contribution in [0.25, 0.3) is 10.2 Å². The zero-order valence-electron chi connectivity index (χ0n) is 10.4. The molecule has 3 rings (SSSR count). The second kappa shape index (κ2) is 4.82. The summed E-state index contributed by atoms with van der Waals surface area (Å²) >= 11 is 1.44. The van der Waals surface area contributed by atoms with Crippen molar-refractivity contribution in [3.05, 3.63) is 27.6 Å². The van der Waals surface area contributed by atoms with Gasteiger partial charge in [0.2, 0.25) is 0 Å². The number of hydrogen-bond acceptors (Lipinski definition) is 4. The predicted molar refractivity (Wildman–Crippen MR) is 73.9 cm³/mol. The minimum Gasteiger partial charge on any atom is -0.308 e. The van der Waals surface area contributed by atoms with Gasteiger partial charge in [0.15, 0.2) is 0 Å². The topological polar surface area (TPSA) is 57.8 Å². The summed E-state index contributed by atoms with van der Waals surface area (Å²) < 4.78 is 0.716. The molecule has 0 bridgehead atoms. The van der Waals surface area contributed by atoms with E-state index in [-0.39, 0.29) is 5.56 Å². The molecule has 0 aromatic carbocycles. The molecule has 0 aliphatic heterocycles. The van der Waals surface area contributed by atoms with Crippen molar-refractivity contribution < 1.29 is 0 Å². The van der Waals surface area contributed by atoms with Crippen LogP contribution in [0.1, 0.15) is 32.0 Å². The van der Waals surface area contributed by atoms with Gasteiger partial charge in [0, 0.05) is 6.04 Å². The Balaban J connectivity index is 1.72. The van der Waals surface area contributed by atoms with E-state index < -0.39 is 0 Å². The zero-order chi connectivity index (χ0) is 12.5. The van der Waals surface area contributed by atoms with Gasteiger partial charge in [-0.25, -0.2) is 4.98 Å². The van der Waals surface area contributed by atoms with Gasteiger partial charge in [-0.1, -0.05) is 6.92 Å². The maximum absolute atomic E-state index is 11.8. The van der Waals surface area contributed by atoms with Crippen molar-refractivity contribution in [1.82, 2.24) is 15.3 Å². The van der Waals surface area contributed by atoms with Gasteiger partial charge in [0.05, 0.1) is 12.1 Å². The highest BCUT2D eigenvalue weighted by Crippen LogP contribution is 2.24. The fourth-order valence-electron chi connectivity index (χ4n) is 2.64. The Morgan fingerprint density at radius 3 is 3.22 bits per heavy atom. The number of H-pyrrole nitrogens is 1. The molecule has 18 heavy (non-hydrogen) atoms. The average molecular weight is 263 g/mol. The molecule has 1 saturated carbocycles.